The highest BCUT2D eigenvalue weighted by atomic mass is 79.9. The summed E-state index contributed by atoms with van der Waals surface area (Å²) in [6.45, 7) is -0.0905. The maximum Gasteiger partial charge on any atom is 0.200 e. The molecule has 0 aliphatic carbocycles. The number of ether oxygens (including phenoxy) is 1. The minimum absolute atomic E-state index is 0.0905. The number of aromatic hydroxyl groups is 1. The SMILES string of the molecule is C#CCBr.C#CCOc1cc(Br)cc(F)c1F.Oc1cc(Br)cc(F)c1F. The zero-order chi connectivity index (χ0) is 21.0. The number of phenolic OH excluding ortho intramolecular Hbond substituents is 1. The summed E-state index contributed by atoms with van der Waals surface area (Å²) in [5.74, 6) is -0.658. The lowest BCUT2D eigenvalue weighted by atomic mass is 10.3. The van der Waals surface area contributed by atoms with Crippen molar-refractivity contribution in [3.8, 4) is 36.2 Å². The van der Waals surface area contributed by atoms with Gasteiger partial charge in [0.25, 0.3) is 0 Å². The number of phenols is 1. The molecular weight excluding hydrogens is 564 g/mol. The van der Waals surface area contributed by atoms with Crippen LogP contribution in [0.4, 0.5) is 17.6 Å². The molecule has 144 valence electrons. The van der Waals surface area contributed by atoms with Crippen LogP contribution in [-0.4, -0.2) is 17.0 Å². The van der Waals surface area contributed by atoms with Gasteiger partial charge in [0, 0.05) is 8.95 Å². The van der Waals surface area contributed by atoms with E-state index in [4.69, 9.17) is 22.7 Å². The fraction of sp³-hybridized carbons (Fsp3) is 0.111. The van der Waals surface area contributed by atoms with Gasteiger partial charge in [0.05, 0.1) is 5.33 Å². The summed E-state index contributed by atoms with van der Waals surface area (Å²) in [6.07, 6.45) is 9.63. The van der Waals surface area contributed by atoms with E-state index in [0.717, 1.165) is 18.2 Å². The summed E-state index contributed by atoms with van der Waals surface area (Å²) in [7, 11) is 0. The van der Waals surface area contributed by atoms with Crippen molar-refractivity contribution in [3.63, 3.8) is 0 Å². The van der Waals surface area contributed by atoms with Crippen LogP contribution < -0.4 is 4.74 Å². The van der Waals surface area contributed by atoms with Crippen LogP contribution in [-0.2, 0) is 0 Å². The molecule has 0 aliphatic heterocycles. The summed E-state index contributed by atoms with van der Waals surface area (Å²) >= 11 is 8.89. The first-order valence-electron chi connectivity index (χ1n) is 6.71. The first kappa shape index (κ1) is 25.3. The molecule has 2 aromatic carbocycles. The number of halogens is 7. The molecule has 0 aromatic heterocycles. The van der Waals surface area contributed by atoms with Crippen LogP contribution in [0.15, 0.2) is 33.2 Å². The van der Waals surface area contributed by atoms with Gasteiger partial charge in [0.15, 0.2) is 29.0 Å². The van der Waals surface area contributed by atoms with Crippen LogP contribution in [0.2, 0.25) is 0 Å². The largest absolute Gasteiger partial charge is 0.505 e. The minimum Gasteiger partial charge on any atom is -0.505 e. The smallest absolute Gasteiger partial charge is 0.200 e. The third-order valence-electron chi connectivity index (χ3n) is 2.32. The van der Waals surface area contributed by atoms with E-state index < -0.39 is 29.0 Å². The Hall–Kier alpha value is -1.68. The van der Waals surface area contributed by atoms with Gasteiger partial charge in [0.1, 0.15) is 6.61 Å². The lowest BCUT2D eigenvalue weighted by Crippen LogP contribution is -1.98. The number of hydrogen-bond donors (Lipinski definition) is 1. The highest BCUT2D eigenvalue weighted by Crippen LogP contribution is 2.25. The summed E-state index contributed by atoms with van der Waals surface area (Å²) in [4.78, 5) is 0. The molecular formula is C18H11Br3F4O2. The molecule has 0 bridgehead atoms. The Morgan fingerprint density at radius 1 is 0.889 bits per heavy atom. The lowest BCUT2D eigenvalue weighted by Gasteiger charge is -2.04. The third-order valence-corrected chi connectivity index (χ3v) is 3.56. The number of benzene rings is 2. The van der Waals surface area contributed by atoms with Crippen LogP contribution in [0.5, 0.6) is 11.5 Å². The Labute approximate surface area is 179 Å². The molecule has 0 amide bonds. The van der Waals surface area contributed by atoms with Crippen LogP contribution in [0.1, 0.15) is 0 Å². The molecule has 2 rings (SSSR count). The second-order valence-electron chi connectivity index (χ2n) is 4.25. The summed E-state index contributed by atoms with van der Waals surface area (Å²) in [5, 5.41) is 9.30. The van der Waals surface area contributed by atoms with Crippen molar-refractivity contribution in [3.05, 3.63) is 56.5 Å². The van der Waals surface area contributed by atoms with E-state index in [2.05, 4.69) is 59.6 Å². The molecule has 0 spiro atoms. The van der Waals surface area contributed by atoms with Gasteiger partial charge in [0.2, 0.25) is 5.82 Å². The predicted molar refractivity (Wildman–Crippen MR) is 107 cm³/mol. The number of alkyl halides is 1. The van der Waals surface area contributed by atoms with Crippen molar-refractivity contribution >= 4 is 47.8 Å². The van der Waals surface area contributed by atoms with E-state index in [1.807, 2.05) is 0 Å². The maximum absolute atomic E-state index is 12.9. The topological polar surface area (TPSA) is 29.5 Å². The maximum atomic E-state index is 12.9. The molecule has 0 aliphatic rings. The molecule has 0 radical (unpaired) electrons. The van der Waals surface area contributed by atoms with E-state index in [0.29, 0.717) is 14.3 Å². The molecule has 9 heteroatoms. The van der Waals surface area contributed by atoms with Crippen LogP contribution in [0.3, 0.4) is 0 Å². The van der Waals surface area contributed by atoms with E-state index in [1.54, 1.807) is 0 Å². The van der Waals surface area contributed by atoms with Gasteiger partial charge in [-0.05, 0) is 24.3 Å². The Kier molecular flexibility index (Phi) is 12.6. The molecule has 0 saturated heterocycles. The molecule has 0 saturated carbocycles. The second kappa shape index (κ2) is 13.5. The standard InChI is InChI=1S/C9H5BrF2O.C6H3BrF2O.C3H3Br/c1-2-3-13-8-5-6(10)4-7(11)9(8)12;7-3-1-4(8)6(9)5(10)2-3;1-2-3-4/h1,4-5H,3H2;1-2,10H;1H,3H2. The van der Waals surface area contributed by atoms with Crippen molar-refractivity contribution in [1.29, 1.82) is 0 Å². The summed E-state index contributed by atoms with van der Waals surface area (Å²) in [6, 6.07) is 4.35. The molecule has 2 aromatic rings. The quantitative estimate of drug-likeness (QED) is 0.201. The molecule has 2 nitrogen and oxygen atoms in total. The van der Waals surface area contributed by atoms with Crippen molar-refractivity contribution in [2.45, 2.75) is 0 Å². The van der Waals surface area contributed by atoms with E-state index in [-0.39, 0.29) is 12.4 Å². The third kappa shape index (κ3) is 9.71. The molecule has 0 unspecified atom stereocenters. The Bertz CT molecular complexity index is 823. The van der Waals surface area contributed by atoms with Gasteiger partial charge in [-0.2, -0.15) is 8.78 Å². The average molecular weight is 575 g/mol. The van der Waals surface area contributed by atoms with Gasteiger partial charge in [-0.3, -0.25) is 0 Å². The molecule has 0 atom stereocenters. The van der Waals surface area contributed by atoms with Crippen molar-refractivity contribution in [2.24, 2.45) is 0 Å². The monoisotopic (exact) mass is 572 g/mol. The molecule has 27 heavy (non-hydrogen) atoms. The zero-order valence-electron chi connectivity index (χ0n) is 13.4. The Morgan fingerprint density at radius 3 is 1.81 bits per heavy atom. The zero-order valence-corrected chi connectivity index (χ0v) is 18.1. The van der Waals surface area contributed by atoms with E-state index in [9.17, 15) is 17.6 Å². The predicted octanol–water partition coefficient (Wildman–Crippen LogP) is 6.19. The molecule has 0 fully saturated rings. The Balaban J connectivity index is 0.000000428. The van der Waals surface area contributed by atoms with Gasteiger partial charge in [-0.25, -0.2) is 8.78 Å². The highest BCUT2D eigenvalue weighted by molar-refractivity contribution is 9.10. The second-order valence-corrected chi connectivity index (χ2v) is 6.64. The van der Waals surface area contributed by atoms with Gasteiger partial charge < -0.3 is 9.84 Å². The lowest BCUT2D eigenvalue weighted by molar-refractivity contribution is 0.338. The highest BCUT2D eigenvalue weighted by Gasteiger charge is 2.10. The van der Waals surface area contributed by atoms with Crippen LogP contribution in [0, 0.1) is 48.0 Å². The molecule has 0 heterocycles. The number of terminal acetylenes is 2. The van der Waals surface area contributed by atoms with Crippen molar-refractivity contribution in [1.82, 2.24) is 0 Å². The number of rotatable bonds is 2. The minimum atomic E-state index is -1.22. The average Bonchev–Trinajstić information content (AvgIpc) is 2.62. The fourth-order valence-corrected chi connectivity index (χ4v) is 2.13. The fourth-order valence-electron chi connectivity index (χ4n) is 1.30. The van der Waals surface area contributed by atoms with Gasteiger partial charge in [-0.1, -0.05) is 59.6 Å². The van der Waals surface area contributed by atoms with E-state index in [1.165, 1.54) is 6.07 Å². The van der Waals surface area contributed by atoms with Crippen molar-refractivity contribution < 1.29 is 27.4 Å². The van der Waals surface area contributed by atoms with Gasteiger partial charge >= 0.3 is 0 Å². The first-order valence-corrected chi connectivity index (χ1v) is 9.42. The van der Waals surface area contributed by atoms with Crippen LogP contribution in [0.25, 0.3) is 0 Å². The van der Waals surface area contributed by atoms with Gasteiger partial charge in [-0.15, -0.1) is 12.8 Å². The first-order chi connectivity index (χ1) is 12.7. The number of hydrogen-bond acceptors (Lipinski definition) is 2. The summed E-state index contributed by atoms with van der Waals surface area (Å²) in [5.41, 5.74) is 0. The Morgan fingerprint density at radius 2 is 1.37 bits per heavy atom. The van der Waals surface area contributed by atoms with Crippen LogP contribution >= 0.6 is 47.8 Å². The normalized spacial score (nSPS) is 8.93. The van der Waals surface area contributed by atoms with E-state index >= 15 is 0 Å². The summed E-state index contributed by atoms with van der Waals surface area (Å²) < 4.78 is 55.7. The van der Waals surface area contributed by atoms with Crippen molar-refractivity contribution in [2.75, 3.05) is 11.9 Å². The molecule has 1 N–H and O–H groups in total.